The van der Waals surface area contributed by atoms with Gasteiger partial charge in [-0.1, -0.05) is 39.0 Å². The van der Waals surface area contributed by atoms with Crippen molar-refractivity contribution in [2.75, 3.05) is 11.9 Å². The van der Waals surface area contributed by atoms with Crippen LogP contribution < -0.4 is 16.6 Å². The van der Waals surface area contributed by atoms with Crippen LogP contribution in [0.3, 0.4) is 0 Å². The van der Waals surface area contributed by atoms with Crippen LogP contribution in [-0.4, -0.2) is 28.5 Å². The predicted octanol–water partition coefficient (Wildman–Crippen LogP) is 1.16. The summed E-state index contributed by atoms with van der Waals surface area (Å²) in [5.74, 6) is -1.54. The summed E-state index contributed by atoms with van der Waals surface area (Å²) in [7, 11) is 0. The molecule has 0 spiro atoms. The lowest BCUT2D eigenvalue weighted by molar-refractivity contribution is -0.119. The molecule has 0 radical (unpaired) electrons. The zero-order valence-electron chi connectivity index (χ0n) is 14.1. The van der Waals surface area contributed by atoms with Crippen LogP contribution in [0.1, 0.15) is 36.7 Å². The van der Waals surface area contributed by atoms with Crippen LogP contribution in [0.4, 0.5) is 5.69 Å². The van der Waals surface area contributed by atoms with Crippen LogP contribution in [0.2, 0.25) is 0 Å². The van der Waals surface area contributed by atoms with E-state index in [1.54, 1.807) is 12.1 Å². The van der Waals surface area contributed by atoms with Gasteiger partial charge in [0.25, 0.3) is 11.5 Å². The molecule has 3 N–H and O–H groups in total. The van der Waals surface area contributed by atoms with Crippen LogP contribution in [0, 0.1) is 0 Å². The Kier molecular flexibility index (Phi) is 5.21. The fourth-order valence-electron chi connectivity index (χ4n) is 2.20. The Morgan fingerprint density at radius 1 is 1.16 bits per heavy atom. The highest BCUT2D eigenvalue weighted by molar-refractivity contribution is 5.95. The highest BCUT2D eigenvalue weighted by Crippen LogP contribution is 2.29. The van der Waals surface area contributed by atoms with Crippen LogP contribution in [0.5, 0.6) is 0 Å². The lowest BCUT2D eigenvalue weighted by atomic mass is 9.86. The first-order chi connectivity index (χ1) is 11.7. The minimum Gasteiger partial charge on any atom is -0.452 e. The number of benzene rings is 1. The average molecular weight is 345 g/mol. The maximum atomic E-state index is 12.0. The van der Waals surface area contributed by atoms with Gasteiger partial charge in [0.05, 0.1) is 0 Å². The smallest absolute Gasteiger partial charge is 0.345 e. The van der Waals surface area contributed by atoms with Gasteiger partial charge in [-0.3, -0.25) is 14.6 Å². The van der Waals surface area contributed by atoms with Crippen molar-refractivity contribution in [1.29, 1.82) is 0 Å². The van der Waals surface area contributed by atoms with E-state index in [0.717, 1.165) is 11.8 Å². The zero-order valence-corrected chi connectivity index (χ0v) is 14.1. The number of nitrogens with one attached hydrogen (secondary N) is 3. The molecule has 2 aromatic rings. The SMILES string of the molecule is CC(C)(C)c1ccccc1NC(=O)COC(=O)c1c[nH]c(=O)[nH]c1=O. The average Bonchev–Trinajstić information content (AvgIpc) is 2.52. The minimum absolute atomic E-state index is 0.177. The van der Waals surface area contributed by atoms with Crippen LogP contribution >= 0.6 is 0 Å². The van der Waals surface area contributed by atoms with Gasteiger partial charge in [-0.05, 0) is 17.0 Å². The molecular formula is C17H19N3O5. The number of carbonyl (C=O) groups excluding carboxylic acids is 2. The molecule has 0 aliphatic rings. The first-order valence-electron chi connectivity index (χ1n) is 7.57. The number of anilines is 1. The van der Waals surface area contributed by atoms with E-state index >= 15 is 0 Å². The number of amides is 1. The van der Waals surface area contributed by atoms with Gasteiger partial charge in [0.15, 0.2) is 6.61 Å². The number of H-pyrrole nitrogens is 2. The van der Waals surface area contributed by atoms with E-state index in [9.17, 15) is 19.2 Å². The van der Waals surface area contributed by atoms with Crippen molar-refractivity contribution < 1.29 is 14.3 Å². The lowest BCUT2D eigenvalue weighted by Gasteiger charge is -2.22. The molecule has 0 atom stereocenters. The molecule has 0 aliphatic heterocycles. The molecule has 0 unspecified atom stereocenters. The summed E-state index contributed by atoms with van der Waals surface area (Å²) in [6.07, 6.45) is 0.941. The van der Waals surface area contributed by atoms with Crippen molar-refractivity contribution >= 4 is 17.6 Å². The second-order valence-corrected chi connectivity index (χ2v) is 6.41. The third kappa shape index (κ3) is 4.66. The summed E-state index contributed by atoms with van der Waals surface area (Å²) >= 11 is 0. The van der Waals surface area contributed by atoms with Crippen molar-refractivity contribution in [3.05, 3.63) is 62.4 Å². The van der Waals surface area contributed by atoms with E-state index in [1.807, 2.05) is 37.9 Å². The number of para-hydroxylation sites is 1. The fraction of sp³-hybridized carbons (Fsp3) is 0.294. The number of aromatic amines is 2. The molecule has 0 fully saturated rings. The van der Waals surface area contributed by atoms with E-state index < -0.39 is 29.7 Å². The molecule has 0 bridgehead atoms. The summed E-state index contributed by atoms with van der Waals surface area (Å²) in [4.78, 5) is 50.3. The van der Waals surface area contributed by atoms with Crippen molar-refractivity contribution in [1.82, 2.24) is 9.97 Å². The monoisotopic (exact) mass is 345 g/mol. The third-order valence-electron chi connectivity index (χ3n) is 3.38. The first-order valence-corrected chi connectivity index (χ1v) is 7.57. The van der Waals surface area contributed by atoms with Crippen LogP contribution in [-0.2, 0) is 14.9 Å². The third-order valence-corrected chi connectivity index (χ3v) is 3.38. The van der Waals surface area contributed by atoms with Gasteiger partial charge in [-0.15, -0.1) is 0 Å². The zero-order chi connectivity index (χ0) is 18.6. The van der Waals surface area contributed by atoms with E-state index in [4.69, 9.17) is 4.74 Å². The summed E-state index contributed by atoms with van der Waals surface area (Å²) in [6.45, 7) is 5.48. The maximum absolute atomic E-state index is 12.0. The standard InChI is InChI=1S/C17H19N3O5/c1-17(2,3)11-6-4-5-7-12(11)19-13(21)9-25-15(23)10-8-18-16(24)20-14(10)22/h4-8H,9H2,1-3H3,(H,19,21)(H2,18,20,22,24). The highest BCUT2D eigenvalue weighted by Gasteiger charge is 2.19. The second-order valence-electron chi connectivity index (χ2n) is 6.41. The molecule has 0 aliphatic carbocycles. The Labute approximate surface area is 143 Å². The van der Waals surface area contributed by atoms with E-state index in [0.29, 0.717) is 5.69 Å². The number of hydrogen-bond acceptors (Lipinski definition) is 5. The van der Waals surface area contributed by atoms with E-state index in [-0.39, 0.29) is 11.0 Å². The second kappa shape index (κ2) is 7.16. The van der Waals surface area contributed by atoms with Crippen LogP contribution in [0.15, 0.2) is 40.1 Å². The van der Waals surface area contributed by atoms with E-state index in [1.165, 1.54) is 0 Å². The fourth-order valence-corrected chi connectivity index (χ4v) is 2.20. The predicted molar refractivity (Wildman–Crippen MR) is 91.7 cm³/mol. The quantitative estimate of drug-likeness (QED) is 0.718. The van der Waals surface area contributed by atoms with Crippen molar-refractivity contribution in [3.63, 3.8) is 0 Å². The van der Waals surface area contributed by atoms with Gasteiger partial charge < -0.3 is 15.0 Å². The number of carbonyl (C=O) groups is 2. The molecule has 0 saturated carbocycles. The molecule has 25 heavy (non-hydrogen) atoms. The Morgan fingerprint density at radius 2 is 1.84 bits per heavy atom. The molecule has 1 amide bonds. The Bertz CT molecular complexity index is 905. The Morgan fingerprint density at radius 3 is 2.48 bits per heavy atom. The number of rotatable bonds is 4. The summed E-state index contributed by atoms with van der Waals surface area (Å²) in [6, 6.07) is 7.32. The number of esters is 1. The summed E-state index contributed by atoms with van der Waals surface area (Å²) in [5, 5.41) is 2.69. The van der Waals surface area contributed by atoms with Gasteiger partial charge in [-0.25, -0.2) is 9.59 Å². The molecule has 132 valence electrons. The lowest BCUT2D eigenvalue weighted by Crippen LogP contribution is -2.29. The number of ether oxygens (including phenoxy) is 1. The van der Waals surface area contributed by atoms with E-state index in [2.05, 4.69) is 10.3 Å². The molecule has 8 heteroatoms. The molecule has 1 aromatic heterocycles. The molecule has 1 aromatic carbocycles. The van der Waals surface area contributed by atoms with Gasteiger partial charge in [0.1, 0.15) is 5.56 Å². The van der Waals surface area contributed by atoms with Gasteiger partial charge in [0.2, 0.25) is 0 Å². The molecule has 8 nitrogen and oxygen atoms in total. The summed E-state index contributed by atoms with van der Waals surface area (Å²) < 4.78 is 4.82. The normalized spacial score (nSPS) is 11.0. The molecule has 2 rings (SSSR count). The van der Waals surface area contributed by atoms with Crippen molar-refractivity contribution in [2.24, 2.45) is 0 Å². The van der Waals surface area contributed by atoms with Crippen molar-refractivity contribution in [2.45, 2.75) is 26.2 Å². The number of hydrogen-bond donors (Lipinski definition) is 3. The molecule has 0 saturated heterocycles. The van der Waals surface area contributed by atoms with Crippen molar-refractivity contribution in [3.8, 4) is 0 Å². The highest BCUT2D eigenvalue weighted by atomic mass is 16.5. The Balaban J connectivity index is 2.03. The van der Waals surface area contributed by atoms with Gasteiger partial charge in [0, 0.05) is 11.9 Å². The largest absolute Gasteiger partial charge is 0.452 e. The first kappa shape index (κ1) is 18.2. The molecular weight excluding hydrogens is 326 g/mol. The van der Waals surface area contributed by atoms with Gasteiger partial charge in [-0.2, -0.15) is 0 Å². The number of aromatic nitrogens is 2. The minimum atomic E-state index is -1.00. The molecule has 1 heterocycles. The Hall–Kier alpha value is -3.16. The summed E-state index contributed by atoms with van der Waals surface area (Å²) in [5.41, 5.74) is -0.624. The van der Waals surface area contributed by atoms with Gasteiger partial charge >= 0.3 is 11.7 Å². The topological polar surface area (TPSA) is 121 Å². The maximum Gasteiger partial charge on any atom is 0.345 e. The van der Waals surface area contributed by atoms with Crippen LogP contribution in [0.25, 0.3) is 0 Å².